The van der Waals surface area contributed by atoms with Crippen LogP contribution in [0.1, 0.15) is 26.3 Å². The largest absolute Gasteiger partial charge is 0.548 e. The third kappa shape index (κ3) is 4.62. The number of aryl methyl sites for hydroxylation is 1. The summed E-state index contributed by atoms with van der Waals surface area (Å²) in [6.07, 6.45) is 0.866. The Hall–Kier alpha value is -2.04. The van der Waals surface area contributed by atoms with Gasteiger partial charge in [0.1, 0.15) is 0 Å². The summed E-state index contributed by atoms with van der Waals surface area (Å²) >= 11 is 0. The number of hydrogen-bond acceptors (Lipinski definition) is 3. The zero-order valence-electron chi connectivity index (χ0n) is 11.4. The molecule has 1 aromatic rings. The van der Waals surface area contributed by atoms with Crippen molar-refractivity contribution in [2.75, 3.05) is 5.32 Å². The Morgan fingerprint density at radius 1 is 1.32 bits per heavy atom. The van der Waals surface area contributed by atoms with E-state index >= 15 is 0 Å². The first-order chi connectivity index (χ1) is 8.93. The molecule has 1 atom stereocenters. The normalized spacial score (nSPS) is 12.0. The van der Waals surface area contributed by atoms with Gasteiger partial charge in [0.2, 0.25) is 0 Å². The van der Waals surface area contributed by atoms with Crippen LogP contribution < -0.4 is 15.7 Å². The van der Waals surface area contributed by atoms with E-state index in [1.54, 1.807) is 19.9 Å². The van der Waals surface area contributed by atoms with Crippen molar-refractivity contribution < 1.29 is 14.7 Å². The van der Waals surface area contributed by atoms with Crippen molar-refractivity contribution in [3.8, 4) is 0 Å². The standard InChI is InChI=1S/C14H20N2O3/c1-4-10-6-5-7-11(8-10)15-14(19)16-12(9(2)3)13(17)18/h5-9,12H,4H2,1-3H3,(H,17,18)(H2,15,16,19)/p-1/t12-/m0/s1. The second kappa shape index (κ2) is 6.78. The molecule has 0 aromatic heterocycles. The number of amides is 2. The van der Waals surface area contributed by atoms with Crippen LogP contribution in [0.4, 0.5) is 10.5 Å². The molecule has 2 amide bonds. The summed E-state index contributed by atoms with van der Waals surface area (Å²) in [6, 6.07) is 5.85. The minimum Gasteiger partial charge on any atom is -0.548 e. The van der Waals surface area contributed by atoms with E-state index in [0.29, 0.717) is 5.69 Å². The third-order valence-electron chi connectivity index (χ3n) is 2.80. The van der Waals surface area contributed by atoms with Gasteiger partial charge in [0.15, 0.2) is 0 Å². The van der Waals surface area contributed by atoms with Crippen molar-refractivity contribution in [2.24, 2.45) is 5.92 Å². The summed E-state index contributed by atoms with van der Waals surface area (Å²) in [5.74, 6) is -1.52. The summed E-state index contributed by atoms with van der Waals surface area (Å²) in [7, 11) is 0. The van der Waals surface area contributed by atoms with Crippen molar-refractivity contribution in [1.29, 1.82) is 0 Å². The summed E-state index contributed by atoms with van der Waals surface area (Å²) < 4.78 is 0. The molecule has 5 nitrogen and oxygen atoms in total. The third-order valence-corrected chi connectivity index (χ3v) is 2.80. The number of anilines is 1. The predicted octanol–water partition coefficient (Wildman–Crippen LogP) is 1.14. The topological polar surface area (TPSA) is 81.3 Å². The number of carboxylic acids is 1. The van der Waals surface area contributed by atoms with E-state index in [1.807, 2.05) is 25.1 Å². The van der Waals surface area contributed by atoms with Gasteiger partial charge in [-0.3, -0.25) is 0 Å². The lowest BCUT2D eigenvalue weighted by Gasteiger charge is -2.23. The molecule has 104 valence electrons. The lowest BCUT2D eigenvalue weighted by molar-refractivity contribution is -0.309. The van der Waals surface area contributed by atoms with Gasteiger partial charge >= 0.3 is 6.03 Å². The molecule has 0 aliphatic carbocycles. The van der Waals surface area contributed by atoms with Crippen molar-refractivity contribution in [1.82, 2.24) is 5.32 Å². The average Bonchev–Trinajstić information content (AvgIpc) is 2.35. The Morgan fingerprint density at radius 3 is 2.53 bits per heavy atom. The fraction of sp³-hybridized carbons (Fsp3) is 0.429. The molecule has 0 heterocycles. The lowest BCUT2D eigenvalue weighted by Crippen LogP contribution is -2.51. The molecule has 5 heteroatoms. The second-order valence-electron chi connectivity index (χ2n) is 4.69. The van der Waals surface area contributed by atoms with Crippen LogP contribution in [-0.4, -0.2) is 18.0 Å². The summed E-state index contributed by atoms with van der Waals surface area (Å²) in [6.45, 7) is 5.43. The Kier molecular flexibility index (Phi) is 5.36. The van der Waals surface area contributed by atoms with Gasteiger partial charge < -0.3 is 20.5 Å². The van der Waals surface area contributed by atoms with Crippen LogP contribution in [0.15, 0.2) is 24.3 Å². The number of nitrogens with one attached hydrogen (secondary N) is 2. The lowest BCUT2D eigenvalue weighted by atomic mass is 10.1. The maximum atomic E-state index is 11.7. The molecule has 0 spiro atoms. The highest BCUT2D eigenvalue weighted by Gasteiger charge is 2.17. The quantitative estimate of drug-likeness (QED) is 0.836. The van der Waals surface area contributed by atoms with Crippen molar-refractivity contribution >= 4 is 17.7 Å². The molecule has 1 aromatic carbocycles. The molecular formula is C14H19N2O3-. The molecule has 0 saturated heterocycles. The minimum absolute atomic E-state index is 0.238. The first kappa shape index (κ1) is 15.0. The molecule has 19 heavy (non-hydrogen) atoms. The van der Waals surface area contributed by atoms with E-state index in [-0.39, 0.29) is 5.92 Å². The Balaban J connectivity index is 2.66. The van der Waals surface area contributed by atoms with Gasteiger partial charge in [-0.25, -0.2) is 4.79 Å². The molecule has 0 aliphatic heterocycles. The van der Waals surface area contributed by atoms with Crippen LogP contribution in [-0.2, 0) is 11.2 Å². The molecule has 0 fully saturated rings. The van der Waals surface area contributed by atoms with Crippen LogP contribution in [0, 0.1) is 5.92 Å². The van der Waals surface area contributed by atoms with Crippen molar-refractivity contribution in [3.63, 3.8) is 0 Å². The van der Waals surface area contributed by atoms with Crippen molar-refractivity contribution in [2.45, 2.75) is 33.2 Å². The van der Waals surface area contributed by atoms with Crippen LogP contribution >= 0.6 is 0 Å². The first-order valence-electron chi connectivity index (χ1n) is 6.31. The number of urea groups is 1. The van der Waals surface area contributed by atoms with Crippen LogP contribution in [0.2, 0.25) is 0 Å². The van der Waals surface area contributed by atoms with E-state index < -0.39 is 18.0 Å². The van der Waals surface area contributed by atoms with E-state index in [4.69, 9.17) is 0 Å². The highest BCUT2D eigenvalue weighted by Crippen LogP contribution is 2.11. The monoisotopic (exact) mass is 263 g/mol. The van der Waals surface area contributed by atoms with E-state index in [9.17, 15) is 14.7 Å². The van der Waals surface area contributed by atoms with Gasteiger partial charge in [0, 0.05) is 5.69 Å². The fourth-order valence-electron chi connectivity index (χ4n) is 1.68. The SMILES string of the molecule is CCc1cccc(NC(=O)N[C@H](C(=O)[O-])C(C)C)c1. The molecule has 0 aliphatic rings. The Morgan fingerprint density at radius 2 is 2.00 bits per heavy atom. The molecule has 1 rings (SSSR count). The van der Waals surface area contributed by atoms with E-state index in [0.717, 1.165) is 12.0 Å². The van der Waals surface area contributed by atoms with E-state index in [1.165, 1.54) is 0 Å². The van der Waals surface area contributed by atoms with Gasteiger partial charge in [-0.15, -0.1) is 0 Å². The predicted molar refractivity (Wildman–Crippen MR) is 71.6 cm³/mol. The maximum Gasteiger partial charge on any atom is 0.319 e. The second-order valence-corrected chi connectivity index (χ2v) is 4.69. The minimum atomic E-state index is -1.28. The first-order valence-corrected chi connectivity index (χ1v) is 6.31. The zero-order chi connectivity index (χ0) is 14.4. The van der Waals surface area contributed by atoms with Gasteiger partial charge in [0.25, 0.3) is 0 Å². The highest BCUT2D eigenvalue weighted by atomic mass is 16.4. The molecular weight excluding hydrogens is 244 g/mol. The van der Waals surface area contributed by atoms with Gasteiger partial charge in [-0.05, 0) is 30.0 Å². The van der Waals surface area contributed by atoms with Gasteiger partial charge in [-0.1, -0.05) is 32.9 Å². The molecule has 2 N–H and O–H groups in total. The molecule has 0 unspecified atom stereocenters. The number of carboxylic acid groups (broad SMARTS) is 1. The molecule has 0 bridgehead atoms. The van der Waals surface area contributed by atoms with Gasteiger partial charge in [-0.2, -0.15) is 0 Å². The number of carbonyl (C=O) groups is 2. The van der Waals surface area contributed by atoms with Crippen LogP contribution in [0.25, 0.3) is 0 Å². The Bertz CT molecular complexity index is 458. The fourth-order valence-corrected chi connectivity index (χ4v) is 1.68. The highest BCUT2D eigenvalue weighted by molar-refractivity contribution is 5.92. The van der Waals surface area contributed by atoms with Crippen molar-refractivity contribution in [3.05, 3.63) is 29.8 Å². The number of hydrogen-bond donors (Lipinski definition) is 2. The van der Waals surface area contributed by atoms with E-state index in [2.05, 4.69) is 10.6 Å². The van der Waals surface area contributed by atoms with Gasteiger partial charge in [0.05, 0.1) is 12.0 Å². The van der Waals surface area contributed by atoms with Crippen LogP contribution in [0.5, 0.6) is 0 Å². The number of carbonyl (C=O) groups excluding carboxylic acids is 2. The number of benzene rings is 1. The number of rotatable bonds is 5. The average molecular weight is 263 g/mol. The molecule has 0 saturated carbocycles. The summed E-state index contributed by atoms with van der Waals surface area (Å²) in [5.41, 5.74) is 1.73. The smallest absolute Gasteiger partial charge is 0.319 e. The Labute approximate surface area is 113 Å². The van der Waals surface area contributed by atoms with Crippen LogP contribution in [0.3, 0.4) is 0 Å². The summed E-state index contributed by atoms with van der Waals surface area (Å²) in [5, 5.41) is 15.9. The number of aliphatic carboxylic acids is 1. The maximum absolute atomic E-state index is 11.7. The summed E-state index contributed by atoms with van der Waals surface area (Å²) in [4.78, 5) is 22.6. The zero-order valence-corrected chi connectivity index (χ0v) is 11.4. The molecule has 0 radical (unpaired) electrons.